The number of rotatable bonds is 10. The molecule has 1 unspecified atom stereocenters. The molecule has 5 rings (SSSR count). The fraction of sp³-hybridized carbons (Fsp3) is 0.448. The van der Waals surface area contributed by atoms with Crippen LogP contribution in [0.25, 0.3) is 16.6 Å². The number of para-hydroxylation sites is 1. The first-order chi connectivity index (χ1) is 20.0. The van der Waals surface area contributed by atoms with Crippen molar-refractivity contribution in [2.45, 2.75) is 57.4 Å². The minimum absolute atomic E-state index is 0.134. The average Bonchev–Trinajstić information content (AvgIpc) is 3.73. The number of hydrogen-bond acceptors (Lipinski definition) is 10. The van der Waals surface area contributed by atoms with E-state index >= 15 is 0 Å². The molecule has 42 heavy (non-hydrogen) atoms. The third kappa shape index (κ3) is 6.35. The fourth-order valence-corrected chi connectivity index (χ4v) is 6.78. The highest BCUT2D eigenvalue weighted by molar-refractivity contribution is 7.94. The molecule has 2 aromatic carbocycles. The first-order valence-electron chi connectivity index (χ1n) is 13.7. The van der Waals surface area contributed by atoms with E-state index in [1.54, 1.807) is 46.6 Å². The maximum Gasteiger partial charge on any atom is 0.442 e. The number of methoxy groups -OCH3 is 3. The van der Waals surface area contributed by atoms with Crippen LogP contribution in [-0.2, 0) is 27.4 Å². The summed E-state index contributed by atoms with van der Waals surface area (Å²) in [6.07, 6.45) is 0.993. The van der Waals surface area contributed by atoms with Gasteiger partial charge in [-0.1, -0.05) is 6.07 Å². The molecule has 0 radical (unpaired) electrons. The molecule has 12 nitrogen and oxygen atoms in total. The van der Waals surface area contributed by atoms with Crippen LogP contribution in [0.3, 0.4) is 0 Å². The first kappa shape index (κ1) is 29.4. The van der Waals surface area contributed by atoms with Gasteiger partial charge in [0.1, 0.15) is 28.4 Å². The third-order valence-corrected chi connectivity index (χ3v) is 9.51. The van der Waals surface area contributed by atoms with Crippen molar-refractivity contribution in [3.63, 3.8) is 0 Å². The van der Waals surface area contributed by atoms with E-state index in [0.29, 0.717) is 46.7 Å². The van der Waals surface area contributed by atoms with Gasteiger partial charge in [0.05, 0.1) is 31.1 Å². The maximum absolute atomic E-state index is 13.8. The highest BCUT2D eigenvalue weighted by atomic mass is 32.2. The predicted octanol–water partition coefficient (Wildman–Crippen LogP) is 5.02. The van der Waals surface area contributed by atoms with Crippen LogP contribution in [0.4, 0.5) is 10.7 Å². The second-order valence-electron chi connectivity index (χ2n) is 11.0. The summed E-state index contributed by atoms with van der Waals surface area (Å²) in [4.78, 5) is 22.1. The molecule has 1 amide bonds. The van der Waals surface area contributed by atoms with Crippen LogP contribution in [-0.4, -0.2) is 67.8 Å². The predicted molar refractivity (Wildman–Crippen MR) is 160 cm³/mol. The molecule has 224 valence electrons. The number of fused-ring (bicyclic) bond motifs is 3. The molecule has 4 aromatic rings. The SMILES string of the molecule is COc1ccc(CNc2nc3c(OC)cccc3c3nc(CCS(=O)(=NC(=O)OC(C)(C)C)C4CC4)nn23)c(OC)c1. The lowest BCUT2D eigenvalue weighted by atomic mass is 10.2. The van der Waals surface area contributed by atoms with Crippen LogP contribution >= 0.6 is 0 Å². The standard InChI is InChI=1S/C29H36N6O6S/c1-29(2,3)41-28(36)34-42(37,20-12-13-20)15-14-24-31-26-21-8-7-9-22(39-5)25(21)32-27(35(26)33-24)30-17-18-10-11-19(38-4)16-23(18)40-6/h7-11,16,20H,12-15,17H2,1-6H3,(H,30,32). The Morgan fingerprint density at radius 1 is 1.07 bits per heavy atom. The summed E-state index contributed by atoms with van der Waals surface area (Å²) in [6.45, 7) is 5.65. The number of nitrogens with zero attached hydrogens (tertiary/aromatic N) is 5. The van der Waals surface area contributed by atoms with Crippen LogP contribution in [0.1, 0.15) is 45.0 Å². The zero-order chi connectivity index (χ0) is 30.1. The number of nitrogens with one attached hydrogen (secondary N) is 1. The smallest absolute Gasteiger partial charge is 0.442 e. The Morgan fingerprint density at radius 2 is 1.83 bits per heavy atom. The van der Waals surface area contributed by atoms with Crippen molar-refractivity contribution < 1.29 is 28.0 Å². The molecule has 0 aliphatic heterocycles. The van der Waals surface area contributed by atoms with E-state index in [9.17, 15) is 9.00 Å². The zero-order valence-corrected chi connectivity index (χ0v) is 25.5. The van der Waals surface area contributed by atoms with Crippen LogP contribution in [0.15, 0.2) is 40.8 Å². The van der Waals surface area contributed by atoms with E-state index in [4.69, 9.17) is 34.0 Å². The van der Waals surface area contributed by atoms with Gasteiger partial charge in [-0.25, -0.2) is 19.0 Å². The molecule has 1 saturated carbocycles. The molecule has 0 spiro atoms. The summed E-state index contributed by atoms with van der Waals surface area (Å²) < 4.78 is 41.2. The quantitative estimate of drug-likeness (QED) is 0.265. The van der Waals surface area contributed by atoms with E-state index in [1.807, 2.05) is 36.4 Å². The Kier molecular flexibility index (Phi) is 8.13. The van der Waals surface area contributed by atoms with E-state index < -0.39 is 21.4 Å². The van der Waals surface area contributed by atoms with Crippen molar-refractivity contribution in [2.24, 2.45) is 4.36 Å². The summed E-state index contributed by atoms with van der Waals surface area (Å²) in [5.41, 5.74) is 1.36. The molecular weight excluding hydrogens is 560 g/mol. The summed E-state index contributed by atoms with van der Waals surface area (Å²) >= 11 is 0. The zero-order valence-electron chi connectivity index (χ0n) is 24.7. The molecule has 2 aromatic heterocycles. The summed E-state index contributed by atoms with van der Waals surface area (Å²) in [6, 6.07) is 11.2. The van der Waals surface area contributed by atoms with E-state index in [0.717, 1.165) is 23.8 Å². The molecule has 1 N–H and O–H groups in total. The first-order valence-corrected chi connectivity index (χ1v) is 15.4. The van der Waals surface area contributed by atoms with Gasteiger partial charge in [-0.2, -0.15) is 4.52 Å². The van der Waals surface area contributed by atoms with E-state index in [-0.39, 0.29) is 17.4 Å². The summed E-state index contributed by atoms with van der Waals surface area (Å²) in [5.74, 6) is 3.00. The lowest BCUT2D eigenvalue weighted by Gasteiger charge is -2.18. The molecule has 1 fully saturated rings. The van der Waals surface area contributed by atoms with Gasteiger partial charge in [-0.05, 0) is 57.9 Å². The monoisotopic (exact) mass is 596 g/mol. The maximum atomic E-state index is 13.8. The van der Waals surface area contributed by atoms with Crippen LogP contribution in [0.5, 0.6) is 17.2 Å². The molecule has 13 heteroatoms. The van der Waals surface area contributed by atoms with Crippen molar-refractivity contribution in [2.75, 3.05) is 32.4 Å². The Bertz CT molecular complexity index is 1750. The number of carbonyl (C=O) groups is 1. The van der Waals surface area contributed by atoms with Gasteiger partial charge < -0.3 is 24.3 Å². The van der Waals surface area contributed by atoms with Gasteiger partial charge in [-0.3, -0.25) is 0 Å². The summed E-state index contributed by atoms with van der Waals surface area (Å²) in [5, 5.41) is 8.70. The molecule has 0 bridgehead atoms. The molecule has 0 saturated heterocycles. The number of aryl methyl sites for hydroxylation is 1. The Hall–Kier alpha value is -4.13. The van der Waals surface area contributed by atoms with E-state index in [1.165, 1.54) is 0 Å². The van der Waals surface area contributed by atoms with Crippen molar-refractivity contribution >= 4 is 38.3 Å². The number of benzene rings is 2. The Morgan fingerprint density at radius 3 is 2.50 bits per heavy atom. The number of amides is 1. The van der Waals surface area contributed by atoms with Crippen molar-refractivity contribution in [3.8, 4) is 17.2 Å². The highest BCUT2D eigenvalue weighted by Crippen LogP contribution is 2.33. The van der Waals surface area contributed by atoms with Gasteiger partial charge in [0.25, 0.3) is 0 Å². The third-order valence-electron chi connectivity index (χ3n) is 6.75. The van der Waals surface area contributed by atoms with Gasteiger partial charge >= 0.3 is 6.09 Å². The minimum atomic E-state index is -2.84. The van der Waals surface area contributed by atoms with Crippen molar-refractivity contribution in [1.29, 1.82) is 0 Å². The van der Waals surface area contributed by atoms with Gasteiger partial charge in [0, 0.05) is 41.0 Å². The lowest BCUT2D eigenvalue weighted by molar-refractivity contribution is 0.0607. The second-order valence-corrected chi connectivity index (χ2v) is 13.6. The van der Waals surface area contributed by atoms with Gasteiger partial charge in [0.2, 0.25) is 5.95 Å². The van der Waals surface area contributed by atoms with Crippen molar-refractivity contribution in [3.05, 3.63) is 47.8 Å². The van der Waals surface area contributed by atoms with Crippen molar-refractivity contribution in [1.82, 2.24) is 19.6 Å². The largest absolute Gasteiger partial charge is 0.497 e. The normalized spacial score (nSPS) is 14.8. The van der Waals surface area contributed by atoms with Crippen LogP contribution in [0.2, 0.25) is 0 Å². The minimum Gasteiger partial charge on any atom is -0.497 e. The molecule has 1 aliphatic carbocycles. The number of aromatic nitrogens is 4. The number of ether oxygens (including phenoxy) is 4. The topological polar surface area (TPSA) is 139 Å². The molecule has 1 atom stereocenters. The number of carbonyl (C=O) groups excluding carboxylic acids is 1. The fourth-order valence-electron chi connectivity index (χ4n) is 4.57. The average molecular weight is 597 g/mol. The Balaban J connectivity index is 1.49. The number of hydrogen-bond donors (Lipinski definition) is 1. The molecular formula is C29H36N6O6S. The lowest BCUT2D eigenvalue weighted by Crippen LogP contribution is -2.24. The Labute approximate surface area is 244 Å². The second kappa shape index (κ2) is 11.6. The summed E-state index contributed by atoms with van der Waals surface area (Å²) in [7, 11) is 1.96. The van der Waals surface area contributed by atoms with E-state index in [2.05, 4.69) is 9.68 Å². The van der Waals surface area contributed by atoms with Crippen LogP contribution < -0.4 is 19.5 Å². The highest BCUT2D eigenvalue weighted by Gasteiger charge is 2.35. The number of anilines is 1. The molecule has 2 heterocycles. The van der Waals surface area contributed by atoms with Crippen LogP contribution in [0, 0.1) is 0 Å². The van der Waals surface area contributed by atoms with Gasteiger partial charge in [0.15, 0.2) is 11.5 Å². The molecule has 1 aliphatic rings. The van der Waals surface area contributed by atoms with Gasteiger partial charge in [-0.15, -0.1) is 9.46 Å².